The fraction of sp³-hybridized carbons (Fsp3) is 0.250. The minimum Gasteiger partial charge on any atom is -1.00 e. The van der Waals surface area contributed by atoms with Gasteiger partial charge in [-0.3, -0.25) is 0 Å². The van der Waals surface area contributed by atoms with E-state index in [2.05, 4.69) is 19.1 Å². The standard InChI is InChI=1S/C8H9.BrH.Mg/c1-2-8-6-4-3-5-7-8;;/h3-6H,2H2,1H3;1H;/q-1;;+2/p-1. The zero-order valence-corrected chi connectivity index (χ0v) is 9.10. The summed E-state index contributed by atoms with van der Waals surface area (Å²) < 4.78 is 0. The number of benzene rings is 1. The molecular formula is C8H9BrMg. The molecule has 0 aliphatic carbocycles. The van der Waals surface area contributed by atoms with Crippen LogP contribution in [-0.2, 0) is 6.42 Å². The van der Waals surface area contributed by atoms with Crippen LogP contribution in [0.3, 0.4) is 0 Å². The molecule has 1 aromatic rings. The van der Waals surface area contributed by atoms with Gasteiger partial charge in [-0.25, -0.2) is 0 Å². The van der Waals surface area contributed by atoms with Crippen molar-refractivity contribution < 1.29 is 17.0 Å². The Bertz CT molecular complexity index is 151. The van der Waals surface area contributed by atoms with E-state index in [0.29, 0.717) is 0 Å². The van der Waals surface area contributed by atoms with Crippen molar-refractivity contribution in [3.05, 3.63) is 35.9 Å². The fourth-order valence-electron chi connectivity index (χ4n) is 0.650. The molecule has 50 valence electrons. The van der Waals surface area contributed by atoms with Crippen molar-refractivity contribution in [2.45, 2.75) is 13.3 Å². The molecule has 0 fully saturated rings. The van der Waals surface area contributed by atoms with Gasteiger partial charge in [0.1, 0.15) is 0 Å². The van der Waals surface area contributed by atoms with E-state index in [1.54, 1.807) is 0 Å². The summed E-state index contributed by atoms with van der Waals surface area (Å²) in [7, 11) is 0. The predicted molar refractivity (Wildman–Crippen MR) is 40.4 cm³/mol. The maximum absolute atomic E-state index is 3.12. The van der Waals surface area contributed by atoms with Crippen LogP contribution in [0.15, 0.2) is 24.3 Å². The Morgan fingerprint density at radius 1 is 1.40 bits per heavy atom. The summed E-state index contributed by atoms with van der Waals surface area (Å²) in [6, 6.07) is 11.2. The molecule has 0 aliphatic rings. The van der Waals surface area contributed by atoms with E-state index in [1.165, 1.54) is 5.56 Å². The van der Waals surface area contributed by atoms with E-state index in [0.717, 1.165) is 6.42 Å². The minimum atomic E-state index is 0. The van der Waals surface area contributed by atoms with Crippen LogP contribution < -0.4 is 17.0 Å². The van der Waals surface area contributed by atoms with Crippen molar-refractivity contribution >= 4 is 23.1 Å². The van der Waals surface area contributed by atoms with E-state index in [4.69, 9.17) is 0 Å². The van der Waals surface area contributed by atoms with Gasteiger partial charge in [0.15, 0.2) is 0 Å². The smallest absolute Gasteiger partial charge is 1.00 e. The molecule has 0 bridgehead atoms. The molecule has 0 heterocycles. The third-order valence-electron chi connectivity index (χ3n) is 1.15. The number of hydrogen-bond acceptors (Lipinski definition) is 0. The number of aryl methyl sites for hydroxylation is 1. The van der Waals surface area contributed by atoms with Crippen LogP contribution >= 0.6 is 0 Å². The molecule has 0 amide bonds. The van der Waals surface area contributed by atoms with E-state index in [-0.39, 0.29) is 40.0 Å². The molecule has 0 N–H and O–H groups in total. The van der Waals surface area contributed by atoms with Crippen molar-refractivity contribution in [1.29, 1.82) is 0 Å². The van der Waals surface area contributed by atoms with Gasteiger partial charge in [0, 0.05) is 0 Å². The number of rotatable bonds is 1. The quantitative estimate of drug-likeness (QED) is 0.397. The zero-order valence-electron chi connectivity index (χ0n) is 6.10. The summed E-state index contributed by atoms with van der Waals surface area (Å²) in [6.07, 6.45) is 1.08. The van der Waals surface area contributed by atoms with Gasteiger partial charge in [0.05, 0.1) is 0 Å². The minimum absolute atomic E-state index is 0. The molecule has 0 unspecified atom stereocenters. The normalized spacial score (nSPS) is 7.30. The Balaban J connectivity index is 0. The predicted octanol–water partition coefficient (Wildman–Crippen LogP) is -1.33. The van der Waals surface area contributed by atoms with Gasteiger partial charge in [-0.05, 0) is 0 Å². The van der Waals surface area contributed by atoms with Crippen LogP contribution in [0.4, 0.5) is 0 Å². The molecule has 0 atom stereocenters. The van der Waals surface area contributed by atoms with Gasteiger partial charge in [0.25, 0.3) is 0 Å². The Hall–Kier alpha value is 0.466. The average molecular weight is 209 g/mol. The van der Waals surface area contributed by atoms with Crippen LogP contribution in [0.5, 0.6) is 0 Å². The Morgan fingerprint density at radius 3 is 2.40 bits per heavy atom. The van der Waals surface area contributed by atoms with Crippen molar-refractivity contribution in [2.75, 3.05) is 0 Å². The first-order valence-corrected chi connectivity index (χ1v) is 2.89. The topological polar surface area (TPSA) is 0 Å². The summed E-state index contributed by atoms with van der Waals surface area (Å²) in [4.78, 5) is 0. The van der Waals surface area contributed by atoms with Crippen LogP contribution in [0, 0.1) is 6.07 Å². The molecule has 0 saturated carbocycles. The third kappa shape index (κ3) is 4.31. The van der Waals surface area contributed by atoms with Crippen molar-refractivity contribution in [3.8, 4) is 0 Å². The first-order valence-electron chi connectivity index (χ1n) is 2.89. The van der Waals surface area contributed by atoms with Crippen molar-refractivity contribution in [3.63, 3.8) is 0 Å². The monoisotopic (exact) mass is 208 g/mol. The fourth-order valence-corrected chi connectivity index (χ4v) is 0.650. The molecule has 0 aromatic heterocycles. The van der Waals surface area contributed by atoms with Gasteiger partial charge in [-0.15, -0.1) is 0 Å². The van der Waals surface area contributed by atoms with Gasteiger partial charge in [-0.1, -0.05) is 13.3 Å². The molecule has 0 aliphatic heterocycles. The maximum atomic E-state index is 3.12. The summed E-state index contributed by atoms with van der Waals surface area (Å²) in [5.41, 5.74) is 1.28. The van der Waals surface area contributed by atoms with Gasteiger partial charge in [0.2, 0.25) is 0 Å². The summed E-state index contributed by atoms with van der Waals surface area (Å²) >= 11 is 0. The van der Waals surface area contributed by atoms with Crippen molar-refractivity contribution in [2.24, 2.45) is 0 Å². The maximum Gasteiger partial charge on any atom is 2.00 e. The molecule has 1 aromatic carbocycles. The van der Waals surface area contributed by atoms with Crippen LogP contribution in [0.1, 0.15) is 12.5 Å². The second-order valence-electron chi connectivity index (χ2n) is 1.74. The average Bonchev–Trinajstić information content (AvgIpc) is 1.90. The first-order chi connectivity index (χ1) is 3.93. The molecule has 0 radical (unpaired) electrons. The van der Waals surface area contributed by atoms with Crippen molar-refractivity contribution in [1.82, 2.24) is 0 Å². The van der Waals surface area contributed by atoms with E-state index in [9.17, 15) is 0 Å². The first kappa shape index (κ1) is 13.1. The van der Waals surface area contributed by atoms with Crippen LogP contribution in [-0.4, -0.2) is 23.1 Å². The summed E-state index contributed by atoms with van der Waals surface area (Å²) in [5.74, 6) is 0. The number of hydrogen-bond donors (Lipinski definition) is 0. The third-order valence-corrected chi connectivity index (χ3v) is 1.15. The van der Waals surface area contributed by atoms with E-state index in [1.807, 2.05) is 18.2 Å². The van der Waals surface area contributed by atoms with Crippen LogP contribution in [0.25, 0.3) is 0 Å². The van der Waals surface area contributed by atoms with Gasteiger partial charge in [-0.2, -0.15) is 35.9 Å². The summed E-state index contributed by atoms with van der Waals surface area (Å²) in [5, 5.41) is 0. The van der Waals surface area contributed by atoms with Crippen LogP contribution in [0.2, 0.25) is 0 Å². The second kappa shape index (κ2) is 7.57. The number of halogens is 1. The molecule has 2 heteroatoms. The SMILES string of the molecule is CCc1[c-]cccc1.[Br-].[Mg+2]. The molecule has 0 nitrogen and oxygen atoms in total. The molecule has 0 spiro atoms. The Labute approximate surface area is 88.9 Å². The largest absolute Gasteiger partial charge is 2.00 e. The van der Waals surface area contributed by atoms with Gasteiger partial charge >= 0.3 is 23.1 Å². The zero-order chi connectivity index (χ0) is 5.82. The van der Waals surface area contributed by atoms with E-state index < -0.39 is 0 Å². The molecule has 0 saturated heterocycles. The van der Waals surface area contributed by atoms with E-state index >= 15 is 0 Å². The molecular weight excluding hydrogens is 200 g/mol. The Morgan fingerprint density at radius 2 is 2.10 bits per heavy atom. The Kier molecular flexibility index (Phi) is 9.91. The second-order valence-corrected chi connectivity index (χ2v) is 1.74. The summed E-state index contributed by atoms with van der Waals surface area (Å²) in [6.45, 7) is 2.13. The molecule has 10 heavy (non-hydrogen) atoms. The molecule has 1 rings (SSSR count). The van der Waals surface area contributed by atoms with Gasteiger partial charge < -0.3 is 17.0 Å².